The van der Waals surface area contributed by atoms with E-state index in [0.717, 1.165) is 53.3 Å². The zero-order valence-corrected chi connectivity index (χ0v) is 33.3. The maximum absolute atomic E-state index is 13.2. The van der Waals surface area contributed by atoms with E-state index in [4.69, 9.17) is 82.2 Å². The first-order valence-electron chi connectivity index (χ1n) is 16.4. The Balaban J connectivity index is 2.19. The quantitative estimate of drug-likeness (QED) is 0.161. The van der Waals surface area contributed by atoms with Gasteiger partial charge >= 0.3 is 41.9 Å². The molecule has 1 aromatic carbocycles. The molecule has 1 N–H and O–H groups in total. The number of benzene rings is 1. The molecule has 3 rings (SSSR count). The first-order valence-corrected chi connectivity index (χ1v) is 18.4. The summed E-state index contributed by atoms with van der Waals surface area (Å²) in [6, 6.07) is 7.33. The highest BCUT2D eigenvalue weighted by molar-refractivity contribution is 7.99. The Bertz CT molecular complexity index is 1530. The lowest BCUT2D eigenvalue weighted by atomic mass is 9.95. The Kier molecular flexibility index (Phi) is 17.6. The number of hydrogen-bond acceptors (Lipinski definition) is 18. The highest BCUT2D eigenvalue weighted by atomic mass is 35.6. The van der Waals surface area contributed by atoms with Crippen LogP contribution in [0, 0.1) is 0 Å². The number of hydrogen-bond donors (Lipinski definition) is 1. The molecule has 0 aromatic heterocycles. The Labute approximate surface area is 334 Å². The van der Waals surface area contributed by atoms with Gasteiger partial charge in [0, 0.05) is 46.4 Å². The van der Waals surface area contributed by atoms with E-state index in [2.05, 4.69) is 5.32 Å². The van der Waals surface area contributed by atoms with Crippen LogP contribution in [0.2, 0.25) is 0 Å². The van der Waals surface area contributed by atoms with Gasteiger partial charge in [0.2, 0.25) is 3.79 Å². The van der Waals surface area contributed by atoms with Crippen LogP contribution in [0.25, 0.3) is 0 Å². The van der Waals surface area contributed by atoms with Gasteiger partial charge in [0.05, 0.1) is 0 Å². The summed E-state index contributed by atoms with van der Waals surface area (Å²) in [6.07, 6.45) is -13.7. The molecule has 0 spiro atoms. The Morgan fingerprint density at radius 3 is 1.64 bits per heavy atom. The number of amides is 1. The maximum Gasteiger partial charge on any atom is 0.407 e. The minimum atomic E-state index is -2.00. The van der Waals surface area contributed by atoms with E-state index in [9.17, 15) is 33.6 Å². The highest BCUT2D eigenvalue weighted by Gasteiger charge is 2.57. The molecule has 10 atom stereocenters. The summed E-state index contributed by atoms with van der Waals surface area (Å²) in [5, 5.41) is 2.56. The van der Waals surface area contributed by atoms with Gasteiger partial charge in [-0.15, -0.1) is 0 Å². The van der Waals surface area contributed by atoms with E-state index in [-0.39, 0.29) is 0 Å². The van der Waals surface area contributed by atoms with Crippen molar-refractivity contribution in [2.24, 2.45) is 0 Å². The second kappa shape index (κ2) is 21.1. The average molecular weight is 861 g/mol. The van der Waals surface area contributed by atoms with Crippen molar-refractivity contribution in [1.29, 1.82) is 0 Å². The summed E-state index contributed by atoms with van der Waals surface area (Å²) >= 11 is 18.4. The summed E-state index contributed by atoms with van der Waals surface area (Å²) in [5.41, 5.74) is -1.14. The number of alkyl carbamates (subject to hydrolysis) is 1. The van der Waals surface area contributed by atoms with Crippen LogP contribution in [0.15, 0.2) is 35.2 Å². The molecule has 2 heterocycles. The Morgan fingerprint density at radius 2 is 1.13 bits per heavy atom. The molecule has 2 aliphatic heterocycles. The van der Waals surface area contributed by atoms with Gasteiger partial charge in [0.25, 0.3) is 0 Å². The van der Waals surface area contributed by atoms with Gasteiger partial charge in [-0.2, -0.15) is 0 Å². The van der Waals surface area contributed by atoms with E-state index in [1.807, 2.05) is 0 Å². The SMILES string of the molecule is CC(=O)OC[C@H]1O[C@@H](O[C@H]2[C@H](OC(C)=O)[C@@H](NC(=O)OCC(Cl)(Cl)Cl)[C@H](Sc3ccccc3)O[C@@H]2COC(C)=O)[C@H](OC(C)=O)[C@@H](OC(C)=O)[C@H]1OC(C)=O. The molecule has 22 heteroatoms. The molecule has 306 valence electrons. The van der Waals surface area contributed by atoms with Crippen LogP contribution < -0.4 is 5.32 Å². The number of alkyl halides is 3. The largest absolute Gasteiger partial charge is 0.463 e. The number of carbonyl (C=O) groups excluding carboxylic acids is 7. The van der Waals surface area contributed by atoms with Gasteiger partial charge in [-0.1, -0.05) is 64.8 Å². The third-order valence-corrected chi connectivity index (χ3v) is 8.79. The van der Waals surface area contributed by atoms with Crippen LogP contribution in [-0.4, -0.2) is 126 Å². The number of halogens is 3. The first-order chi connectivity index (χ1) is 25.7. The third kappa shape index (κ3) is 15.1. The smallest absolute Gasteiger partial charge is 0.407 e. The summed E-state index contributed by atoms with van der Waals surface area (Å²) in [7, 11) is 0. The summed E-state index contributed by atoms with van der Waals surface area (Å²) in [5.74, 6) is -5.07. The molecule has 18 nitrogen and oxygen atoms in total. The highest BCUT2D eigenvalue weighted by Crippen LogP contribution is 2.39. The lowest BCUT2D eigenvalue weighted by Crippen LogP contribution is -2.68. The lowest BCUT2D eigenvalue weighted by molar-refractivity contribution is -0.336. The van der Waals surface area contributed by atoms with Gasteiger partial charge in [-0.05, 0) is 12.1 Å². The van der Waals surface area contributed by atoms with Gasteiger partial charge in [0.1, 0.15) is 49.6 Å². The minimum Gasteiger partial charge on any atom is -0.463 e. The van der Waals surface area contributed by atoms with Crippen molar-refractivity contribution in [2.75, 3.05) is 19.8 Å². The fraction of sp³-hybridized carbons (Fsp3) is 0.606. The fourth-order valence-electron chi connectivity index (χ4n) is 5.40. The van der Waals surface area contributed by atoms with Crippen LogP contribution in [0.3, 0.4) is 0 Å². The number of carbonyl (C=O) groups is 7. The van der Waals surface area contributed by atoms with Crippen molar-refractivity contribution in [3.8, 4) is 0 Å². The van der Waals surface area contributed by atoms with Crippen LogP contribution >= 0.6 is 46.6 Å². The molecule has 0 saturated carbocycles. The number of nitrogens with one attached hydrogen (secondary N) is 1. The van der Waals surface area contributed by atoms with Gasteiger partial charge in [-0.3, -0.25) is 28.8 Å². The number of esters is 6. The Morgan fingerprint density at radius 1 is 0.636 bits per heavy atom. The van der Waals surface area contributed by atoms with Gasteiger partial charge < -0.3 is 52.7 Å². The molecule has 0 radical (unpaired) electrons. The molecule has 0 unspecified atom stereocenters. The minimum absolute atomic E-state index is 0.528. The van der Waals surface area contributed by atoms with Crippen molar-refractivity contribution in [3.05, 3.63) is 30.3 Å². The zero-order chi connectivity index (χ0) is 41.0. The van der Waals surface area contributed by atoms with Crippen LogP contribution in [0.1, 0.15) is 41.5 Å². The van der Waals surface area contributed by atoms with Gasteiger partial charge in [0.15, 0.2) is 30.7 Å². The second-order valence-corrected chi connectivity index (χ2v) is 15.6. The molecule has 0 aliphatic carbocycles. The fourth-order valence-corrected chi connectivity index (χ4v) is 6.71. The van der Waals surface area contributed by atoms with Crippen LogP contribution in [0.5, 0.6) is 0 Å². The van der Waals surface area contributed by atoms with Crippen molar-refractivity contribution in [2.45, 2.75) is 111 Å². The van der Waals surface area contributed by atoms with E-state index < -0.39 is 126 Å². The molecule has 55 heavy (non-hydrogen) atoms. The lowest BCUT2D eigenvalue weighted by Gasteiger charge is -2.49. The Hall–Kier alpha value is -3.59. The second-order valence-electron chi connectivity index (χ2n) is 11.9. The number of thioether (sulfide) groups is 1. The maximum atomic E-state index is 13.2. The monoisotopic (exact) mass is 859 g/mol. The van der Waals surface area contributed by atoms with Crippen molar-refractivity contribution >= 4 is 88.5 Å². The standard InChI is InChI=1S/C33H40Cl3NO17S/c1-15(38)45-12-22-26(48-17(3)40)28(50-19(5)42)29(51-20(6)43)30(52-22)54-25-23(13-46-16(2)39)53-31(55-21-10-8-7-9-11-21)24(27(25)49-18(4)41)37-32(44)47-14-33(34,35)36/h7-11,22-31H,12-14H2,1-6H3,(H,37,44)/t22-,23-,24-,25-,26+,27-,28+,29-,30+,31+/m1/s1. The van der Waals surface area contributed by atoms with E-state index in [1.54, 1.807) is 30.3 Å². The molecule has 1 amide bonds. The molecule has 0 bridgehead atoms. The molecule has 1 aromatic rings. The van der Waals surface area contributed by atoms with Crippen molar-refractivity contribution in [1.82, 2.24) is 5.32 Å². The summed E-state index contributed by atoms with van der Waals surface area (Å²) in [4.78, 5) is 87.5. The zero-order valence-electron chi connectivity index (χ0n) is 30.3. The van der Waals surface area contributed by atoms with E-state index in [1.165, 1.54) is 0 Å². The summed E-state index contributed by atoms with van der Waals surface area (Å²) < 4.78 is 54.6. The van der Waals surface area contributed by atoms with Crippen LogP contribution in [0.4, 0.5) is 4.79 Å². The molecule has 2 fully saturated rings. The third-order valence-electron chi connectivity index (χ3n) is 7.29. The predicted molar refractivity (Wildman–Crippen MR) is 189 cm³/mol. The molecular formula is C33H40Cl3NO17S. The normalized spacial score (nSPS) is 27.7. The molecule has 2 saturated heterocycles. The number of rotatable bonds is 14. The molecular weight excluding hydrogens is 821 g/mol. The van der Waals surface area contributed by atoms with Crippen LogP contribution in [-0.2, 0) is 76.1 Å². The van der Waals surface area contributed by atoms with E-state index in [0.29, 0.717) is 4.90 Å². The van der Waals surface area contributed by atoms with Crippen molar-refractivity contribution in [3.63, 3.8) is 0 Å². The van der Waals surface area contributed by atoms with E-state index >= 15 is 0 Å². The topological polar surface area (TPSA) is 224 Å². The van der Waals surface area contributed by atoms with Crippen molar-refractivity contribution < 1.29 is 80.9 Å². The predicted octanol–water partition coefficient (Wildman–Crippen LogP) is 2.93. The molecule has 2 aliphatic rings. The first kappa shape index (κ1) is 45.8. The summed E-state index contributed by atoms with van der Waals surface area (Å²) in [6.45, 7) is 4.60. The van der Waals surface area contributed by atoms with Gasteiger partial charge in [-0.25, -0.2) is 4.79 Å². The number of ether oxygens (including phenoxy) is 10. The average Bonchev–Trinajstić information content (AvgIpc) is 3.06.